The lowest BCUT2D eigenvalue weighted by Crippen LogP contribution is -2.26. The molecule has 0 aliphatic rings. The van der Waals surface area contributed by atoms with E-state index in [1.165, 1.54) is 0 Å². The topological polar surface area (TPSA) is 79.5 Å². The summed E-state index contributed by atoms with van der Waals surface area (Å²) >= 11 is 0. The van der Waals surface area contributed by atoms with Crippen LogP contribution in [0.5, 0.6) is 5.75 Å². The van der Waals surface area contributed by atoms with Crippen LogP contribution in [0.2, 0.25) is 0 Å². The van der Waals surface area contributed by atoms with Crippen molar-refractivity contribution in [3.63, 3.8) is 0 Å². The van der Waals surface area contributed by atoms with Crippen LogP contribution >= 0.6 is 0 Å². The molecular weight excluding hydrogens is 390 g/mol. The monoisotopic (exact) mass is 417 g/mol. The molecule has 6 heteroatoms. The van der Waals surface area contributed by atoms with Crippen LogP contribution in [0.15, 0.2) is 78.9 Å². The van der Waals surface area contributed by atoms with Crippen LogP contribution in [0.4, 0.5) is 11.4 Å². The van der Waals surface area contributed by atoms with Crippen LogP contribution in [0.25, 0.3) is 0 Å². The number of rotatable bonds is 9. The summed E-state index contributed by atoms with van der Waals surface area (Å²) in [7, 11) is 0. The van der Waals surface area contributed by atoms with Gasteiger partial charge in [0.15, 0.2) is 0 Å². The zero-order chi connectivity index (χ0) is 22.1. The van der Waals surface area contributed by atoms with Crippen molar-refractivity contribution >= 4 is 23.2 Å². The lowest BCUT2D eigenvalue weighted by atomic mass is 10.1. The highest BCUT2D eigenvalue weighted by atomic mass is 16.5. The largest absolute Gasteiger partial charge is 0.492 e. The van der Waals surface area contributed by atoms with Crippen LogP contribution in [0.1, 0.15) is 35.8 Å². The number of hydrogen-bond acceptors (Lipinski definition) is 4. The first-order chi connectivity index (χ1) is 15.1. The molecule has 0 fully saturated rings. The quantitative estimate of drug-likeness (QED) is 0.474. The van der Waals surface area contributed by atoms with Gasteiger partial charge >= 0.3 is 0 Å². The molecule has 3 aromatic rings. The Morgan fingerprint density at radius 2 is 1.58 bits per heavy atom. The zero-order valence-corrected chi connectivity index (χ0v) is 17.7. The zero-order valence-electron chi connectivity index (χ0n) is 17.7. The Labute approximate surface area is 182 Å². The SMILES string of the molecule is CCOc1ccccc1NC(=O)CNc1ccc(C(=O)NC(C)c2ccccc2)cc1. The number of amides is 2. The van der Waals surface area contributed by atoms with Crippen molar-refractivity contribution in [1.29, 1.82) is 0 Å². The number of carbonyl (C=O) groups is 2. The number of anilines is 2. The highest BCUT2D eigenvalue weighted by molar-refractivity contribution is 5.96. The van der Waals surface area contributed by atoms with Crippen molar-refractivity contribution in [1.82, 2.24) is 5.32 Å². The van der Waals surface area contributed by atoms with Crippen LogP contribution < -0.4 is 20.7 Å². The van der Waals surface area contributed by atoms with Gasteiger partial charge < -0.3 is 20.7 Å². The summed E-state index contributed by atoms with van der Waals surface area (Å²) in [6.07, 6.45) is 0. The van der Waals surface area contributed by atoms with Crippen LogP contribution in [-0.4, -0.2) is 25.0 Å². The molecule has 1 unspecified atom stereocenters. The molecule has 160 valence electrons. The minimum absolute atomic E-state index is 0.0882. The van der Waals surface area contributed by atoms with Crippen LogP contribution in [-0.2, 0) is 4.79 Å². The minimum atomic E-state index is -0.189. The molecule has 3 rings (SSSR count). The molecule has 0 aromatic heterocycles. The number of para-hydroxylation sites is 2. The summed E-state index contributed by atoms with van der Waals surface area (Å²) in [5, 5.41) is 8.90. The highest BCUT2D eigenvalue weighted by Crippen LogP contribution is 2.23. The van der Waals surface area contributed by atoms with Crippen molar-refractivity contribution in [3.05, 3.63) is 90.0 Å². The van der Waals surface area contributed by atoms with Crippen molar-refractivity contribution in [2.24, 2.45) is 0 Å². The van der Waals surface area contributed by atoms with Crippen LogP contribution in [0, 0.1) is 0 Å². The molecule has 0 saturated heterocycles. The van der Waals surface area contributed by atoms with Crippen molar-refractivity contribution in [2.75, 3.05) is 23.8 Å². The van der Waals surface area contributed by atoms with Crippen molar-refractivity contribution < 1.29 is 14.3 Å². The van der Waals surface area contributed by atoms with Crippen molar-refractivity contribution in [2.45, 2.75) is 19.9 Å². The van der Waals surface area contributed by atoms with Gasteiger partial charge in [0.2, 0.25) is 5.91 Å². The Morgan fingerprint density at radius 3 is 2.29 bits per heavy atom. The van der Waals surface area contributed by atoms with E-state index < -0.39 is 0 Å². The second kappa shape index (κ2) is 10.8. The normalized spacial score (nSPS) is 11.3. The number of carbonyl (C=O) groups excluding carboxylic acids is 2. The lowest BCUT2D eigenvalue weighted by molar-refractivity contribution is -0.114. The molecule has 6 nitrogen and oxygen atoms in total. The van der Waals surface area contributed by atoms with Gasteiger partial charge in [0.25, 0.3) is 5.91 Å². The molecule has 31 heavy (non-hydrogen) atoms. The molecule has 2 amide bonds. The lowest BCUT2D eigenvalue weighted by Gasteiger charge is -2.15. The summed E-state index contributed by atoms with van der Waals surface area (Å²) in [6, 6.07) is 24.1. The minimum Gasteiger partial charge on any atom is -0.492 e. The molecule has 0 bridgehead atoms. The van der Waals surface area contributed by atoms with Gasteiger partial charge in [-0.3, -0.25) is 9.59 Å². The maximum atomic E-state index is 12.5. The van der Waals surface area contributed by atoms with Gasteiger partial charge in [-0.05, 0) is 55.8 Å². The predicted molar refractivity (Wildman–Crippen MR) is 123 cm³/mol. The Kier molecular flexibility index (Phi) is 7.65. The second-order valence-corrected chi connectivity index (χ2v) is 7.01. The fraction of sp³-hybridized carbons (Fsp3) is 0.200. The second-order valence-electron chi connectivity index (χ2n) is 7.01. The maximum absolute atomic E-state index is 12.5. The third-order valence-electron chi connectivity index (χ3n) is 4.71. The average Bonchev–Trinajstić information content (AvgIpc) is 2.80. The standard InChI is InChI=1S/C25H27N3O3/c1-3-31-23-12-8-7-11-22(23)28-24(29)17-26-21-15-13-20(14-16-21)25(30)27-18(2)19-9-5-4-6-10-19/h4-16,18,26H,3,17H2,1-2H3,(H,27,30)(H,28,29). The summed E-state index contributed by atoms with van der Waals surface area (Å²) in [4.78, 5) is 24.8. The van der Waals surface area contributed by atoms with Gasteiger partial charge in [0.1, 0.15) is 5.75 Å². The number of hydrogen-bond donors (Lipinski definition) is 3. The predicted octanol–water partition coefficient (Wildman–Crippen LogP) is 4.63. The third-order valence-corrected chi connectivity index (χ3v) is 4.71. The van der Waals surface area contributed by atoms with Gasteiger partial charge in [-0.15, -0.1) is 0 Å². The Bertz CT molecular complexity index is 1000. The molecule has 0 radical (unpaired) electrons. The Balaban J connectivity index is 1.51. The van der Waals surface area contributed by atoms with E-state index in [0.29, 0.717) is 23.6 Å². The first-order valence-electron chi connectivity index (χ1n) is 10.3. The van der Waals surface area contributed by atoms with E-state index >= 15 is 0 Å². The van der Waals surface area contributed by atoms with E-state index in [1.54, 1.807) is 30.3 Å². The first-order valence-corrected chi connectivity index (χ1v) is 10.3. The van der Waals surface area contributed by atoms with E-state index in [4.69, 9.17) is 4.74 Å². The van der Waals surface area contributed by atoms with E-state index in [0.717, 1.165) is 11.3 Å². The maximum Gasteiger partial charge on any atom is 0.251 e. The first kappa shape index (κ1) is 21.9. The molecular formula is C25H27N3O3. The van der Waals surface area contributed by atoms with Gasteiger partial charge in [0, 0.05) is 11.3 Å². The molecule has 0 aliphatic carbocycles. The number of ether oxygens (including phenoxy) is 1. The van der Waals surface area contributed by atoms with Gasteiger partial charge in [0.05, 0.1) is 24.9 Å². The summed E-state index contributed by atoms with van der Waals surface area (Å²) < 4.78 is 5.52. The van der Waals surface area contributed by atoms with E-state index in [-0.39, 0.29) is 24.4 Å². The van der Waals surface area contributed by atoms with E-state index in [2.05, 4.69) is 16.0 Å². The fourth-order valence-corrected chi connectivity index (χ4v) is 3.07. The molecule has 3 aromatic carbocycles. The Hall–Kier alpha value is -3.80. The summed E-state index contributed by atoms with van der Waals surface area (Å²) in [6.45, 7) is 4.46. The summed E-state index contributed by atoms with van der Waals surface area (Å²) in [5.74, 6) is 0.303. The van der Waals surface area contributed by atoms with E-state index in [9.17, 15) is 9.59 Å². The summed E-state index contributed by atoms with van der Waals surface area (Å²) in [5.41, 5.74) is 2.99. The molecule has 3 N–H and O–H groups in total. The van der Waals surface area contributed by atoms with Crippen LogP contribution in [0.3, 0.4) is 0 Å². The fourth-order valence-electron chi connectivity index (χ4n) is 3.07. The Morgan fingerprint density at radius 1 is 0.903 bits per heavy atom. The van der Waals surface area contributed by atoms with Gasteiger partial charge in [-0.25, -0.2) is 0 Å². The smallest absolute Gasteiger partial charge is 0.251 e. The average molecular weight is 418 g/mol. The molecule has 1 atom stereocenters. The third kappa shape index (κ3) is 6.34. The molecule has 0 aliphatic heterocycles. The van der Waals surface area contributed by atoms with Crippen molar-refractivity contribution in [3.8, 4) is 5.75 Å². The van der Waals surface area contributed by atoms with E-state index in [1.807, 2.05) is 62.4 Å². The molecule has 0 heterocycles. The highest BCUT2D eigenvalue weighted by Gasteiger charge is 2.11. The number of benzene rings is 3. The molecule has 0 spiro atoms. The van der Waals surface area contributed by atoms with Gasteiger partial charge in [-0.2, -0.15) is 0 Å². The molecule has 0 saturated carbocycles. The van der Waals surface area contributed by atoms with Gasteiger partial charge in [-0.1, -0.05) is 42.5 Å². The number of nitrogens with one attached hydrogen (secondary N) is 3.